The second kappa shape index (κ2) is 7.26. The SMILES string of the molecule is CP(C)(=O)c1ccccc1Nc1nc(Nc2ccc3cn[nH]c3c2)ncc1Cl. The minimum absolute atomic E-state index is 0.367. The van der Waals surface area contributed by atoms with Crippen molar-refractivity contribution in [2.24, 2.45) is 0 Å². The molecule has 9 heteroatoms. The molecule has 0 aliphatic rings. The third-order valence-corrected chi connectivity index (χ3v) is 6.01. The van der Waals surface area contributed by atoms with Crippen molar-refractivity contribution in [2.75, 3.05) is 24.0 Å². The molecule has 0 radical (unpaired) electrons. The van der Waals surface area contributed by atoms with E-state index >= 15 is 0 Å². The highest BCUT2D eigenvalue weighted by Gasteiger charge is 2.17. The van der Waals surface area contributed by atoms with Crippen molar-refractivity contribution in [3.63, 3.8) is 0 Å². The van der Waals surface area contributed by atoms with Crippen LogP contribution in [-0.4, -0.2) is 33.5 Å². The van der Waals surface area contributed by atoms with Crippen molar-refractivity contribution in [1.82, 2.24) is 20.2 Å². The van der Waals surface area contributed by atoms with Crippen LogP contribution in [0.1, 0.15) is 0 Å². The van der Waals surface area contributed by atoms with Crippen molar-refractivity contribution < 1.29 is 4.57 Å². The number of halogens is 1. The van der Waals surface area contributed by atoms with Crippen LogP contribution in [0.4, 0.5) is 23.1 Å². The van der Waals surface area contributed by atoms with Gasteiger partial charge in [0.25, 0.3) is 0 Å². The second-order valence-electron chi connectivity index (χ2n) is 6.68. The van der Waals surface area contributed by atoms with Crippen LogP contribution in [0.15, 0.2) is 54.9 Å². The van der Waals surface area contributed by atoms with Crippen molar-refractivity contribution in [1.29, 1.82) is 0 Å². The first-order valence-corrected chi connectivity index (χ1v) is 11.5. The summed E-state index contributed by atoms with van der Waals surface area (Å²) in [5, 5.41) is 15.4. The summed E-state index contributed by atoms with van der Waals surface area (Å²) < 4.78 is 12.6. The third-order valence-electron chi connectivity index (χ3n) is 4.18. The molecule has 0 unspecified atom stereocenters. The van der Waals surface area contributed by atoms with Crippen LogP contribution in [-0.2, 0) is 4.57 Å². The minimum atomic E-state index is -2.47. The summed E-state index contributed by atoms with van der Waals surface area (Å²) in [6.07, 6.45) is 3.28. The maximum absolute atomic E-state index is 12.6. The largest absolute Gasteiger partial charge is 0.338 e. The summed E-state index contributed by atoms with van der Waals surface area (Å²) >= 11 is 6.28. The van der Waals surface area contributed by atoms with Crippen LogP contribution < -0.4 is 15.9 Å². The van der Waals surface area contributed by atoms with E-state index in [1.54, 1.807) is 19.5 Å². The van der Waals surface area contributed by atoms with Gasteiger partial charge in [-0.3, -0.25) is 5.10 Å². The Morgan fingerprint density at radius 3 is 2.71 bits per heavy atom. The third kappa shape index (κ3) is 3.86. The Bertz CT molecular complexity index is 1200. The van der Waals surface area contributed by atoms with Crippen LogP contribution in [0.3, 0.4) is 0 Å². The van der Waals surface area contributed by atoms with Crippen LogP contribution >= 0.6 is 18.7 Å². The van der Waals surface area contributed by atoms with Gasteiger partial charge in [0, 0.05) is 16.4 Å². The zero-order chi connectivity index (χ0) is 19.7. The van der Waals surface area contributed by atoms with Crippen molar-refractivity contribution in [3.8, 4) is 0 Å². The maximum Gasteiger partial charge on any atom is 0.229 e. The van der Waals surface area contributed by atoms with Gasteiger partial charge in [0.1, 0.15) is 12.2 Å². The van der Waals surface area contributed by atoms with Gasteiger partial charge in [-0.15, -0.1) is 0 Å². The molecule has 142 valence electrons. The number of hydrogen-bond acceptors (Lipinski definition) is 6. The summed E-state index contributed by atoms with van der Waals surface area (Å²) in [5.74, 6) is 0.821. The molecule has 0 aliphatic heterocycles. The van der Waals surface area contributed by atoms with Crippen molar-refractivity contribution in [3.05, 3.63) is 59.9 Å². The molecule has 3 N–H and O–H groups in total. The van der Waals surface area contributed by atoms with E-state index in [9.17, 15) is 4.57 Å². The molecular formula is C19H18ClN6OP. The number of rotatable bonds is 5. The number of hydrogen-bond donors (Lipinski definition) is 3. The lowest BCUT2D eigenvalue weighted by atomic mass is 10.2. The normalized spacial score (nSPS) is 11.5. The number of aromatic nitrogens is 4. The molecule has 0 saturated heterocycles. The van der Waals surface area contributed by atoms with Gasteiger partial charge in [-0.2, -0.15) is 10.1 Å². The van der Waals surface area contributed by atoms with Gasteiger partial charge in [-0.1, -0.05) is 23.7 Å². The molecule has 28 heavy (non-hydrogen) atoms. The van der Waals surface area contributed by atoms with Gasteiger partial charge < -0.3 is 15.2 Å². The fourth-order valence-electron chi connectivity index (χ4n) is 2.84. The minimum Gasteiger partial charge on any atom is -0.338 e. The lowest BCUT2D eigenvalue weighted by Gasteiger charge is -2.15. The molecule has 4 aromatic rings. The Balaban J connectivity index is 1.64. The first-order valence-electron chi connectivity index (χ1n) is 8.54. The molecular weight excluding hydrogens is 395 g/mol. The Morgan fingerprint density at radius 2 is 1.89 bits per heavy atom. The average molecular weight is 413 g/mol. The van der Waals surface area contributed by atoms with Gasteiger partial charge in [0.05, 0.1) is 23.6 Å². The fourth-order valence-corrected chi connectivity index (χ4v) is 4.13. The zero-order valence-electron chi connectivity index (χ0n) is 15.3. The molecule has 0 spiro atoms. The Labute approximate surface area is 166 Å². The number of aromatic amines is 1. The number of fused-ring (bicyclic) bond motifs is 1. The number of nitrogens with zero attached hydrogens (tertiary/aromatic N) is 3. The first-order chi connectivity index (χ1) is 13.4. The van der Waals surface area contributed by atoms with E-state index in [0.717, 1.165) is 21.9 Å². The van der Waals surface area contributed by atoms with Gasteiger partial charge in [0.2, 0.25) is 5.95 Å². The van der Waals surface area contributed by atoms with Crippen molar-refractivity contribution in [2.45, 2.75) is 0 Å². The van der Waals surface area contributed by atoms with Gasteiger partial charge >= 0.3 is 0 Å². The molecule has 0 amide bonds. The number of benzene rings is 2. The average Bonchev–Trinajstić information content (AvgIpc) is 3.12. The second-order valence-corrected chi connectivity index (χ2v) is 10.3. The lowest BCUT2D eigenvalue weighted by Crippen LogP contribution is -2.10. The predicted octanol–water partition coefficient (Wildman–Crippen LogP) is 4.74. The van der Waals surface area contributed by atoms with E-state index in [1.807, 2.05) is 42.5 Å². The summed E-state index contributed by atoms with van der Waals surface area (Å²) in [4.78, 5) is 8.71. The van der Waals surface area contributed by atoms with Gasteiger partial charge in [-0.25, -0.2) is 4.98 Å². The molecule has 0 atom stereocenters. The number of para-hydroxylation sites is 1. The smallest absolute Gasteiger partial charge is 0.229 e. The Kier molecular flexibility index (Phi) is 4.79. The van der Waals surface area contributed by atoms with E-state index in [2.05, 4.69) is 30.8 Å². The predicted molar refractivity (Wildman–Crippen MR) is 115 cm³/mol. The molecule has 2 aromatic carbocycles. The maximum atomic E-state index is 12.6. The summed E-state index contributed by atoms with van der Waals surface area (Å²) in [5.41, 5.74) is 2.44. The topological polar surface area (TPSA) is 95.6 Å². The molecule has 0 saturated carbocycles. The monoisotopic (exact) mass is 412 g/mol. The molecule has 7 nitrogen and oxygen atoms in total. The van der Waals surface area contributed by atoms with Gasteiger partial charge in [-0.05, 0) is 43.7 Å². The lowest BCUT2D eigenvalue weighted by molar-refractivity contribution is 0.588. The van der Waals surface area contributed by atoms with Crippen LogP contribution in [0.2, 0.25) is 5.02 Å². The first kappa shape index (κ1) is 18.5. The highest BCUT2D eigenvalue weighted by atomic mass is 35.5. The quantitative estimate of drug-likeness (QED) is 0.410. The van der Waals surface area contributed by atoms with E-state index in [-0.39, 0.29) is 0 Å². The highest BCUT2D eigenvalue weighted by Crippen LogP contribution is 2.38. The number of H-pyrrole nitrogens is 1. The summed E-state index contributed by atoms with van der Waals surface area (Å²) in [7, 11) is -2.47. The standard InChI is InChI=1S/C19H18ClN6OP/c1-28(2,27)17-6-4-3-5-15(17)24-18-14(20)11-21-19(25-18)23-13-8-7-12-10-22-26-16(12)9-13/h3-11H,1-2H3,(H,22,26)(H2,21,23,24,25). The van der Waals surface area contributed by atoms with Crippen molar-refractivity contribution >= 4 is 58.1 Å². The molecule has 2 aromatic heterocycles. The van der Waals surface area contributed by atoms with E-state index in [1.165, 1.54) is 6.20 Å². The van der Waals surface area contributed by atoms with E-state index in [4.69, 9.17) is 11.6 Å². The van der Waals surface area contributed by atoms with Gasteiger partial charge in [0.15, 0.2) is 5.82 Å². The molecule has 0 bridgehead atoms. The zero-order valence-corrected chi connectivity index (χ0v) is 16.9. The molecule has 4 rings (SSSR count). The van der Waals surface area contributed by atoms with Crippen LogP contribution in [0.5, 0.6) is 0 Å². The molecule has 0 aliphatic carbocycles. The molecule has 2 heterocycles. The highest BCUT2D eigenvalue weighted by molar-refractivity contribution is 7.70. The fraction of sp³-hybridized carbons (Fsp3) is 0.105. The molecule has 0 fully saturated rings. The van der Waals surface area contributed by atoms with Crippen LogP contribution in [0.25, 0.3) is 10.9 Å². The van der Waals surface area contributed by atoms with E-state index in [0.29, 0.717) is 22.5 Å². The Hall–Kier alpha value is -2.89. The number of anilines is 4. The Morgan fingerprint density at radius 1 is 1.07 bits per heavy atom. The van der Waals surface area contributed by atoms with E-state index < -0.39 is 7.14 Å². The number of nitrogens with one attached hydrogen (secondary N) is 3. The van der Waals surface area contributed by atoms with Crippen LogP contribution in [0, 0.1) is 0 Å². The summed E-state index contributed by atoms with van der Waals surface area (Å²) in [6, 6.07) is 13.2. The summed E-state index contributed by atoms with van der Waals surface area (Å²) in [6.45, 7) is 3.46.